The van der Waals surface area contributed by atoms with E-state index in [-0.39, 0.29) is 29.3 Å². The lowest BCUT2D eigenvalue weighted by Crippen LogP contribution is -2.36. The lowest BCUT2D eigenvalue weighted by atomic mass is 9.88. The van der Waals surface area contributed by atoms with Gasteiger partial charge in [-0.1, -0.05) is 20.8 Å². The smallest absolute Gasteiger partial charge is 0.220 e. The van der Waals surface area contributed by atoms with Gasteiger partial charge in [0.2, 0.25) is 5.91 Å². The third-order valence-electron chi connectivity index (χ3n) is 4.12. The molecule has 1 aliphatic heterocycles. The largest absolute Gasteiger partial charge is 0.371 e. The first-order valence-corrected chi connectivity index (χ1v) is 8.22. The molecule has 0 saturated carbocycles. The van der Waals surface area contributed by atoms with E-state index >= 15 is 0 Å². The zero-order valence-electron chi connectivity index (χ0n) is 14.2. The number of aromatic nitrogens is 1. The summed E-state index contributed by atoms with van der Waals surface area (Å²) in [7, 11) is 0. The first-order valence-electron chi connectivity index (χ1n) is 8.22. The van der Waals surface area contributed by atoms with Crippen molar-refractivity contribution < 1.29 is 14.3 Å². The van der Waals surface area contributed by atoms with E-state index in [9.17, 15) is 9.59 Å². The van der Waals surface area contributed by atoms with Crippen LogP contribution in [0.3, 0.4) is 0 Å². The molecule has 2 atom stereocenters. The highest BCUT2D eigenvalue weighted by Crippen LogP contribution is 2.28. The monoisotopic (exact) mass is 318 g/mol. The molecule has 1 fully saturated rings. The molecule has 2 heterocycles. The average Bonchev–Trinajstić information content (AvgIpc) is 2.95. The van der Waals surface area contributed by atoms with Gasteiger partial charge in [0, 0.05) is 37.3 Å². The number of nitrogens with one attached hydrogen (secondary N) is 1. The lowest BCUT2D eigenvalue weighted by molar-refractivity contribution is -0.126. The van der Waals surface area contributed by atoms with E-state index < -0.39 is 0 Å². The minimum Gasteiger partial charge on any atom is -0.371 e. The lowest BCUT2D eigenvalue weighted by Gasteiger charge is -2.20. The summed E-state index contributed by atoms with van der Waals surface area (Å²) >= 11 is 0. The molecule has 0 aromatic carbocycles. The Morgan fingerprint density at radius 1 is 1.26 bits per heavy atom. The number of ketones is 1. The second-order valence-corrected chi connectivity index (χ2v) is 7.06. The summed E-state index contributed by atoms with van der Waals surface area (Å²) in [4.78, 5) is 28.0. The van der Waals surface area contributed by atoms with Crippen molar-refractivity contribution in [3.8, 4) is 0 Å². The average molecular weight is 318 g/mol. The first-order chi connectivity index (χ1) is 10.9. The third kappa shape index (κ3) is 5.13. The number of hydrogen-bond acceptors (Lipinski definition) is 4. The number of carbonyl (C=O) groups is 2. The van der Waals surface area contributed by atoms with Crippen molar-refractivity contribution >= 4 is 11.7 Å². The molecule has 1 aromatic rings. The number of carbonyl (C=O) groups excluding carboxylic acids is 2. The van der Waals surface area contributed by atoms with Crippen molar-refractivity contribution in [1.82, 2.24) is 10.3 Å². The van der Waals surface area contributed by atoms with Crippen molar-refractivity contribution in [2.24, 2.45) is 5.41 Å². The van der Waals surface area contributed by atoms with Crippen LogP contribution in [-0.2, 0) is 14.3 Å². The van der Waals surface area contributed by atoms with Crippen LogP contribution in [0.4, 0.5) is 0 Å². The van der Waals surface area contributed by atoms with E-state index in [4.69, 9.17) is 4.74 Å². The van der Waals surface area contributed by atoms with Crippen LogP contribution < -0.4 is 5.32 Å². The highest BCUT2D eigenvalue weighted by atomic mass is 16.5. The van der Waals surface area contributed by atoms with E-state index in [1.165, 1.54) is 0 Å². The second kappa shape index (κ2) is 7.68. The van der Waals surface area contributed by atoms with Gasteiger partial charge in [0.1, 0.15) is 11.9 Å². The fraction of sp³-hybridized carbons (Fsp3) is 0.611. The fourth-order valence-corrected chi connectivity index (χ4v) is 2.68. The molecule has 126 valence electrons. The number of rotatable bonds is 6. The standard InChI is InChI=1S/C18H26N2O3/c1-18(2,3)15(21)5-4-6-16(22)20-14-9-12-23-17(14)13-7-10-19-11-8-13/h7-8,10-11,14,17H,4-6,9,12H2,1-3H3,(H,20,22)/t14-,17+/m0/s1. The summed E-state index contributed by atoms with van der Waals surface area (Å²) < 4.78 is 5.74. The van der Waals surface area contributed by atoms with Crippen LogP contribution in [0.1, 0.15) is 58.1 Å². The van der Waals surface area contributed by atoms with E-state index in [0.29, 0.717) is 25.9 Å². The second-order valence-electron chi connectivity index (χ2n) is 7.06. The van der Waals surface area contributed by atoms with Gasteiger partial charge in [0.15, 0.2) is 0 Å². The van der Waals surface area contributed by atoms with Crippen molar-refractivity contribution in [3.05, 3.63) is 30.1 Å². The van der Waals surface area contributed by atoms with Crippen LogP contribution in [-0.4, -0.2) is 29.3 Å². The molecule has 5 heteroatoms. The number of hydrogen-bond donors (Lipinski definition) is 1. The summed E-state index contributed by atoms with van der Waals surface area (Å²) in [6, 6.07) is 3.82. The van der Waals surface area contributed by atoms with Crippen LogP contribution in [0.5, 0.6) is 0 Å². The maximum absolute atomic E-state index is 12.1. The quantitative estimate of drug-likeness (QED) is 0.876. The zero-order valence-corrected chi connectivity index (χ0v) is 14.2. The first kappa shape index (κ1) is 17.6. The summed E-state index contributed by atoms with van der Waals surface area (Å²) in [5.74, 6) is 0.186. The Morgan fingerprint density at radius 3 is 2.61 bits per heavy atom. The molecule has 0 unspecified atom stereocenters. The Bertz CT molecular complexity index is 537. The SMILES string of the molecule is CC(C)(C)C(=O)CCCC(=O)N[C@H]1CCO[C@@H]1c1ccncc1. The van der Waals surface area contributed by atoms with Crippen LogP contribution in [0.15, 0.2) is 24.5 Å². The van der Waals surface area contributed by atoms with Crippen molar-refractivity contribution in [3.63, 3.8) is 0 Å². The van der Waals surface area contributed by atoms with Gasteiger partial charge in [0.05, 0.1) is 6.04 Å². The molecule has 0 bridgehead atoms. The van der Waals surface area contributed by atoms with Crippen LogP contribution in [0.25, 0.3) is 0 Å². The van der Waals surface area contributed by atoms with Crippen LogP contribution in [0, 0.1) is 5.41 Å². The Kier molecular flexibility index (Phi) is 5.88. The zero-order chi connectivity index (χ0) is 16.9. The molecule has 0 aliphatic carbocycles. The molecular formula is C18H26N2O3. The van der Waals surface area contributed by atoms with Crippen LogP contribution in [0.2, 0.25) is 0 Å². The maximum atomic E-state index is 12.1. The van der Waals surface area contributed by atoms with E-state index in [1.54, 1.807) is 12.4 Å². The number of ether oxygens (including phenoxy) is 1. The van der Waals surface area contributed by atoms with E-state index in [2.05, 4.69) is 10.3 Å². The molecule has 1 amide bonds. The molecule has 0 radical (unpaired) electrons. The molecule has 1 N–H and O–H groups in total. The fourth-order valence-electron chi connectivity index (χ4n) is 2.68. The molecule has 1 aliphatic rings. The van der Waals surface area contributed by atoms with Gasteiger partial charge in [-0.2, -0.15) is 0 Å². The number of Topliss-reactive ketones (excluding diaryl/α,β-unsaturated/α-hetero) is 1. The minimum absolute atomic E-state index is 0.0109. The molecule has 2 rings (SSSR count). The van der Waals surface area contributed by atoms with E-state index in [1.807, 2.05) is 32.9 Å². The van der Waals surface area contributed by atoms with Gasteiger partial charge >= 0.3 is 0 Å². The van der Waals surface area contributed by atoms with Gasteiger partial charge in [-0.3, -0.25) is 14.6 Å². The minimum atomic E-state index is -0.331. The highest BCUT2D eigenvalue weighted by molar-refractivity contribution is 5.84. The van der Waals surface area contributed by atoms with Gasteiger partial charge < -0.3 is 10.1 Å². The summed E-state index contributed by atoms with van der Waals surface area (Å²) in [5.41, 5.74) is 0.702. The summed E-state index contributed by atoms with van der Waals surface area (Å²) in [6.07, 6.45) is 5.57. The highest BCUT2D eigenvalue weighted by Gasteiger charge is 2.30. The Hall–Kier alpha value is -1.75. The number of pyridine rings is 1. The van der Waals surface area contributed by atoms with Crippen LogP contribution >= 0.6 is 0 Å². The van der Waals surface area contributed by atoms with Crippen molar-refractivity contribution in [2.45, 2.75) is 58.6 Å². The number of nitrogens with zero attached hydrogens (tertiary/aromatic N) is 1. The molecule has 1 saturated heterocycles. The van der Waals surface area contributed by atoms with Crippen molar-refractivity contribution in [1.29, 1.82) is 0 Å². The predicted molar refractivity (Wildman–Crippen MR) is 87.8 cm³/mol. The third-order valence-corrected chi connectivity index (χ3v) is 4.12. The molecule has 1 aromatic heterocycles. The molecule has 5 nitrogen and oxygen atoms in total. The molecule has 23 heavy (non-hydrogen) atoms. The van der Waals surface area contributed by atoms with Gasteiger partial charge in [-0.05, 0) is 30.5 Å². The molecular weight excluding hydrogens is 292 g/mol. The van der Waals surface area contributed by atoms with Gasteiger partial charge in [0.25, 0.3) is 0 Å². The number of amides is 1. The Morgan fingerprint density at radius 2 is 1.96 bits per heavy atom. The maximum Gasteiger partial charge on any atom is 0.220 e. The van der Waals surface area contributed by atoms with E-state index in [0.717, 1.165) is 12.0 Å². The normalized spacial score (nSPS) is 21.2. The van der Waals surface area contributed by atoms with Crippen molar-refractivity contribution in [2.75, 3.05) is 6.61 Å². The van der Waals surface area contributed by atoms with Gasteiger partial charge in [-0.25, -0.2) is 0 Å². The predicted octanol–water partition coefficient (Wildman–Crippen LogP) is 2.81. The molecule has 0 spiro atoms. The topological polar surface area (TPSA) is 68.3 Å². The Balaban J connectivity index is 1.80. The summed E-state index contributed by atoms with van der Waals surface area (Å²) in [5, 5.41) is 3.04. The van der Waals surface area contributed by atoms with Gasteiger partial charge in [-0.15, -0.1) is 0 Å². The Labute approximate surface area is 137 Å². The summed E-state index contributed by atoms with van der Waals surface area (Å²) in [6.45, 7) is 6.36.